The van der Waals surface area contributed by atoms with E-state index in [1.165, 1.54) is 17.5 Å². The fraction of sp³-hybridized carbons (Fsp3) is 0.364. The highest BCUT2D eigenvalue weighted by molar-refractivity contribution is 7.89. The Kier molecular flexibility index (Phi) is 7.29. The lowest BCUT2D eigenvalue weighted by Crippen LogP contribution is -2.35. The quantitative estimate of drug-likeness (QED) is 0.656. The van der Waals surface area contributed by atoms with Crippen LogP contribution in [0.2, 0.25) is 0 Å². The number of methoxy groups -OCH3 is 1. The SMILES string of the molecule is COC(=O)c1ccccc1NC(=O)COc1ccc(S(=O)(=O)N2CCCCC2)cc1C. The zero-order chi connectivity index (χ0) is 22.4. The second kappa shape index (κ2) is 9.93. The van der Waals surface area contributed by atoms with E-state index in [0.29, 0.717) is 30.1 Å². The highest BCUT2D eigenvalue weighted by Gasteiger charge is 2.26. The first-order valence-electron chi connectivity index (χ1n) is 10.0. The second-order valence-electron chi connectivity index (χ2n) is 7.27. The number of sulfonamides is 1. The number of hydrogen-bond acceptors (Lipinski definition) is 6. The first-order chi connectivity index (χ1) is 14.8. The minimum atomic E-state index is -3.53. The molecule has 2 aromatic rings. The molecule has 1 fully saturated rings. The molecule has 0 atom stereocenters. The zero-order valence-electron chi connectivity index (χ0n) is 17.6. The molecule has 1 aliphatic rings. The van der Waals surface area contributed by atoms with Gasteiger partial charge in [0.2, 0.25) is 10.0 Å². The molecule has 0 aliphatic carbocycles. The van der Waals surface area contributed by atoms with E-state index < -0.39 is 21.9 Å². The van der Waals surface area contributed by atoms with Crippen LogP contribution < -0.4 is 10.1 Å². The van der Waals surface area contributed by atoms with Crippen molar-refractivity contribution in [2.75, 3.05) is 32.1 Å². The molecule has 1 heterocycles. The summed E-state index contributed by atoms with van der Waals surface area (Å²) in [6.07, 6.45) is 2.78. The molecule has 166 valence electrons. The van der Waals surface area contributed by atoms with Gasteiger partial charge in [0.05, 0.1) is 23.3 Å². The number of carbonyl (C=O) groups is 2. The molecular weight excluding hydrogens is 420 g/mol. The molecule has 0 spiro atoms. The van der Waals surface area contributed by atoms with E-state index in [1.807, 2.05) is 0 Å². The van der Waals surface area contributed by atoms with Gasteiger partial charge >= 0.3 is 5.97 Å². The Balaban J connectivity index is 1.65. The maximum atomic E-state index is 12.8. The van der Waals surface area contributed by atoms with Crippen molar-refractivity contribution in [3.63, 3.8) is 0 Å². The molecular formula is C22H26N2O6S. The number of rotatable bonds is 7. The van der Waals surface area contributed by atoms with E-state index in [-0.39, 0.29) is 17.1 Å². The lowest BCUT2D eigenvalue weighted by atomic mass is 10.2. The van der Waals surface area contributed by atoms with E-state index in [0.717, 1.165) is 19.3 Å². The van der Waals surface area contributed by atoms with Gasteiger partial charge in [0, 0.05) is 13.1 Å². The van der Waals surface area contributed by atoms with Crippen molar-refractivity contribution >= 4 is 27.6 Å². The molecule has 2 aromatic carbocycles. The molecule has 0 radical (unpaired) electrons. The van der Waals surface area contributed by atoms with E-state index in [4.69, 9.17) is 9.47 Å². The summed E-state index contributed by atoms with van der Waals surface area (Å²) in [7, 11) is -2.27. The molecule has 1 saturated heterocycles. The molecule has 9 heteroatoms. The van der Waals surface area contributed by atoms with Crippen LogP contribution in [0.1, 0.15) is 35.2 Å². The summed E-state index contributed by atoms with van der Waals surface area (Å²) in [4.78, 5) is 24.3. The summed E-state index contributed by atoms with van der Waals surface area (Å²) in [5.41, 5.74) is 1.17. The van der Waals surface area contributed by atoms with Crippen LogP contribution in [0.4, 0.5) is 5.69 Å². The smallest absolute Gasteiger partial charge is 0.339 e. The van der Waals surface area contributed by atoms with Crippen molar-refractivity contribution in [1.82, 2.24) is 4.31 Å². The Morgan fingerprint density at radius 2 is 1.77 bits per heavy atom. The highest BCUT2D eigenvalue weighted by atomic mass is 32.2. The molecule has 0 unspecified atom stereocenters. The van der Waals surface area contributed by atoms with Crippen LogP contribution in [0.3, 0.4) is 0 Å². The minimum absolute atomic E-state index is 0.218. The zero-order valence-corrected chi connectivity index (χ0v) is 18.4. The third kappa shape index (κ3) is 5.42. The largest absolute Gasteiger partial charge is 0.483 e. The predicted molar refractivity (Wildman–Crippen MR) is 116 cm³/mol. The number of benzene rings is 2. The van der Waals surface area contributed by atoms with Gasteiger partial charge in [-0.3, -0.25) is 4.79 Å². The Morgan fingerprint density at radius 3 is 2.45 bits per heavy atom. The van der Waals surface area contributed by atoms with Crippen molar-refractivity contribution < 1.29 is 27.5 Å². The van der Waals surface area contributed by atoms with Gasteiger partial charge in [-0.15, -0.1) is 0 Å². The third-order valence-corrected chi connectivity index (χ3v) is 6.96. The summed E-state index contributed by atoms with van der Waals surface area (Å²) < 4.78 is 37.4. The molecule has 31 heavy (non-hydrogen) atoms. The van der Waals surface area contributed by atoms with Crippen LogP contribution in [0.25, 0.3) is 0 Å². The van der Waals surface area contributed by atoms with Crippen molar-refractivity contribution in [1.29, 1.82) is 0 Å². The normalized spacial score (nSPS) is 14.6. The number of carbonyl (C=O) groups excluding carboxylic acids is 2. The maximum Gasteiger partial charge on any atom is 0.339 e. The number of piperidine rings is 1. The Labute approximate surface area is 182 Å². The standard InChI is InChI=1S/C22H26N2O6S/c1-16-14-17(31(27,28)24-12-6-3-7-13-24)10-11-20(16)30-15-21(25)23-19-9-5-4-8-18(19)22(26)29-2/h4-5,8-11,14H,3,6-7,12-13,15H2,1-2H3,(H,23,25). The first kappa shape index (κ1) is 22.8. The summed E-state index contributed by atoms with van der Waals surface area (Å²) >= 11 is 0. The number of nitrogens with one attached hydrogen (secondary N) is 1. The Bertz CT molecular complexity index is 1060. The average Bonchev–Trinajstić information content (AvgIpc) is 2.78. The minimum Gasteiger partial charge on any atom is -0.483 e. The van der Waals surface area contributed by atoms with Gasteiger partial charge in [-0.25, -0.2) is 13.2 Å². The topological polar surface area (TPSA) is 102 Å². The third-order valence-electron chi connectivity index (χ3n) is 5.06. The van der Waals surface area contributed by atoms with Crippen molar-refractivity contribution in [3.05, 3.63) is 53.6 Å². The molecule has 1 aliphatic heterocycles. The summed E-state index contributed by atoms with van der Waals surface area (Å²) in [6, 6.07) is 11.1. The second-order valence-corrected chi connectivity index (χ2v) is 9.20. The van der Waals surface area contributed by atoms with E-state index in [1.54, 1.807) is 43.3 Å². The number of ether oxygens (including phenoxy) is 2. The number of hydrogen-bond donors (Lipinski definition) is 1. The maximum absolute atomic E-state index is 12.8. The molecule has 0 bridgehead atoms. The summed E-state index contributed by atoms with van der Waals surface area (Å²) in [5, 5.41) is 2.63. The van der Waals surface area contributed by atoms with Gasteiger partial charge in [-0.2, -0.15) is 4.31 Å². The lowest BCUT2D eigenvalue weighted by molar-refractivity contribution is -0.118. The number of esters is 1. The van der Waals surface area contributed by atoms with Gasteiger partial charge in [0.1, 0.15) is 5.75 Å². The Morgan fingerprint density at radius 1 is 1.06 bits per heavy atom. The van der Waals surface area contributed by atoms with Crippen LogP contribution in [0, 0.1) is 6.92 Å². The monoisotopic (exact) mass is 446 g/mol. The number of anilines is 1. The van der Waals surface area contributed by atoms with Crippen molar-refractivity contribution in [3.8, 4) is 5.75 Å². The summed E-state index contributed by atoms with van der Waals surface area (Å²) in [6.45, 7) is 2.50. The van der Waals surface area contributed by atoms with Crippen molar-refractivity contribution in [2.24, 2.45) is 0 Å². The highest BCUT2D eigenvalue weighted by Crippen LogP contribution is 2.26. The fourth-order valence-electron chi connectivity index (χ4n) is 3.41. The molecule has 8 nitrogen and oxygen atoms in total. The predicted octanol–water partition coefficient (Wildman–Crippen LogP) is 2.97. The van der Waals surface area contributed by atoms with Crippen LogP contribution in [0.15, 0.2) is 47.4 Å². The number of aryl methyl sites for hydroxylation is 1. The number of amides is 1. The van der Waals surface area contributed by atoms with Crippen LogP contribution in [0.5, 0.6) is 5.75 Å². The number of nitrogens with zero attached hydrogens (tertiary/aromatic N) is 1. The van der Waals surface area contributed by atoms with Gasteiger partial charge in [0.15, 0.2) is 6.61 Å². The van der Waals surface area contributed by atoms with Gasteiger partial charge < -0.3 is 14.8 Å². The van der Waals surface area contributed by atoms with E-state index in [2.05, 4.69) is 5.32 Å². The lowest BCUT2D eigenvalue weighted by Gasteiger charge is -2.26. The molecule has 1 amide bonds. The summed E-state index contributed by atoms with van der Waals surface area (Å²) in [5.74, 6) is -0.604. The van der Waals surface area contributed by atoms with E-state index >= 15 is 0 Å². The fourth-order valence-corrected chi connectivity index (χ4v) is 5.01. The number of para-hydroxylation sites is 1. The molecule has 0 aromatic heterocycles. The first-order valence-corrected chi connectivity index (χ1v) is 11.5. The van der Waals surface area contributed by atoms with Crippen LogP contribution in [-0.2, 0) is 19.6 Å². The van der Waals surface area contributed by atoms with Gasteiger partial charge in [0.25, 0.3) is 5.91 Å². The van der Waals surface area contributed by atoms with E-state index in [9.17, 15) is 18.0 Å². The average molecular weight is 447 g/mol. The van der Waals surface area contributed by atoms with Crippen LogP contribution >= 0.6 is 0 Å². The molecule has 1 N–H and O–H groups in total. The van der Waals surface area contributed by atoms with Crippen LogP contribution in [-0.4, -0.2) is 51.4 Å². The molecule has 3 rings (SSSR count). The molecule has 0 saturated carbocycles. The van der Waals surface area contributed by atoms with Gasteiger partial charge in [-0.05, 0) is 55.7 Å². The van der Waals surface area contributed by atoms with Crippen molar-refractivity contribution in [2.45, 2.75) is 31.1 Å². The van der Waals surface area contributed by atoms with Gasteiger partial charge in [-0.1, -0.05) is 18.6 Å². The Hall–Kier alpha value is -2.91.